The Kier molecular flexibility index (Phi) is 1.74. The molecule has 0 fully saturated rings. The monoisotopic (exact) mass is 171 g/mol. The quantitative estimate of drug-likeness (QED) is 0.669. The van der Waals surface area contributed by atoms with Gasteiger partial charge in [0.2, 0.25) is 0 Å². The second-order valence-corrected chi connectivity index (χ2v) is 2.83. The summed E-state index contributed by atoms with van der Waals surface area (Å²) in [4.78, 5) is 4.06. The number of aliphatic hydroxyl groups is 1. The smallest absolute Gasteiger partial charge is 0.134 e. The summed E-state index contributed by atoms with van der Waals surface area (Å²) in [5.74, 6) is 0.0109. The van der Waals surface area contributed by atoms with E-state index in [4.69, 9.17) is 0 Å². The van der Waals surface area contributed by atoms with E-state index in [1.807, 2.05) is 30.3 Å². The lowest BCUT2D eigenvalue weighted by Crippen LogP contribution is -1.88. The van der Waals surface area contributed by atoms with Gasteiger partial charge < -0.3 is 5.11 Å². The summed E-state index contributed by atoms with van der Waals surface area (Å²) in [5, 5.41) is 11.3. The molecule has 0 radical (unpaired) electrons. The van der Waals surface area contributed by atoms with Crippen molar-refractivity contribution in [2.24, 2.45) is 0 Å². The molecule has 0 unspecified atom stereocenters. The number of hydrogen-bond donors (Lipinski definition) is 1. The van der Waals surface area contributed by atoms with Crippen molar-refractivity contribution in [2.45, 2.75) is 0 Å². The van der Waals surface area contributed by atoms with Crippen molar-refractivity contribution in [1.29, 1.82) is 0 Å². The van der Waals surface area contributed by atoms with Crippen LogP contribution in [0.15, 0.2) is 43.1 Å². The number of aliphatic hydroxyl groups excluding tert-OH is 1. The van der Waals surface area contributed by atoms with Crippen LogP contribution in [0.25, 0.3) is 16.5 Å². The number of benzene rings is 1. The third-order valence-electron chi connectivity index (χ3n) is 1.95. The maximum atomic E-state index is 9.26. The zero-order valence-corrected chi connectivity index (χ0v) is 7.07. The first-order chi connectivity index (χ1) is 6.29. The van der Waals surface area contributed by atoms with Crippen LogP contribution >= 0.6 is 0 Å². The molecule has 0 bridgehead atoms. The first-order valence-electron chi connectivity index (χ1n) is 4.01. The number of hydrogen-bond acceptors (Lipinski definition) is 2. The molecule has 2 heteroatoms. The maximum Gasteiger partial charge on any atom is 0.134 e. The van der Waals surface area contributed by atoms with Crippen molar-refractivity contribution in [1.82, 2.24) is 4.98 Å². The lowest BCUT2D eigenvalue weighted by atomic mass is 10.1. The Labute approximate surface area is 76.2 Å². The molecule has 0 aliphatic carbocycles. The number of aromatic nitrogens is 1. The lowest BCUT2D eigenvalue weighted by molar-refractivity contribution is 0.511. The van der Waals surface area contributed by atoms with Crippen molar-refractivity contribution in [3.63, 3.8) is 0 Å². The highest BCUT2D eigenvalue weighted by Crippen LogP contribution is 2.19. The topological polar surface area (TPSA) is 33.1 Å². The van der Waals surface area contributed by atoms with E-state index in [2.05, 4.69) is 11.6 Å². The summed E-state index contributed by atoms with van der Waals surface area (Å²) in [7, 11) is 0. The Morgan fingerprint density at radius 2 is 2.00 bits per heavy atom. The Morgan fingerprint density at radius 3 is 2.77 bits per heavy atom. The highest BCUT2D eigenvalue weighted by Gasteiger charge is 2.02. The van der Waals surface area contributed by atoms with E-state index in [0.717, 1.165) is 10.8 Å². The van der Waals surface area contributed by atoms with Gasteiger partial charge in [0.25, 0.3) is 0 Å². The van der Waals surface area contributed by atoms with E-state index in [1.54, 1.807) is 6.20 Å². The van der Waals surface area contributed by atoms with Gasteiger partial charge in [0.15, 0.2) is 0 Å². The zero-order valence-electron chi connectivity index (χ0n) is 7.07. The summed E-state index contributed by atoms with van der Waals surface area (Å²) in [6.45, 7) is 3.47. The second kappa shape index (κ2) is 2.90. The average Bonchev–Trinajstić information content (AvgIpc) is 2.17. The maximum absolute atomic E-state index is 9.26. The SMILES string of the molecule is C=C(O)c1nccc2ccccc12. The normalized spacial score (nSPS) is 10.2. The fraction of sp³-hybridized carbons (Fsp3) is 0. The predicted octanol–water partition coefficient (Wildman–Crippen LogP) is 2.76. The molecule has 1 aromatic heterocycles. The summed E-state index contributed by atoms with van der Waals surface area (Å²) in [6, 6.07) is 9.66. The van der Waals surface area contributed by atoms with Gasteiger partial charge in [-0.1, -0.05) is 30.8 Å². The molecule has 1 heterocycles. The molecule has 2 rings (SSSR count). The van der Waals surface area contributed by atoms with E-state index in [1.165, 1.54) is 0 Å². The Hall–Kier alpha value is -1.83. The minimum Gasteiger partial charge on any atom is -0.506 e. The molecule has 13 heavy (non-hydrogen) atoms. The third-order valence-corrected chi connectivity index (χ3v) is 1.95. The van der Waals surface area contributed by atoms with Gasteiger partial charge in [-0.3, -0.25) is 4.98 Å². The standard InChI is InChI=1S/C11H9NO/c1-8(13)11-10-5-3-2-4-9(10)6-7-12-11/h2-7,13H,1H2. The van der Waals surface area contributed by atoms with Crippen molar-refractivity contribution >= 4 is 16.5 Å². The second-order valence-electron chi connectivity index (χ2n) is 2.83. The predicted molar refractivity (Wildman–Crippen MR) is 53.4 cm³/mol. The Balaban J connectivity index is 2.83. The zero-order chi connectivity index (χ0) is 9.26. The number of pyridine rings is 1. The van der Waals surface area contributed by atoms with Crippen LogP contribution in [-0.4, -0.2) is 10.1 Å². The van der Waals surface area contributed by atoms with Gasteiger partial charge in [-0.15, -0.1) is 0 Å². The molecule has 1 N–H and O–H groups in total. The van der Waals surface area contributed by atoms with Crippen molar-refractivity contribution in [3.8, 4) is 0 Å². The molecule has 0 aliphatic rings. The largest absolute Gasteiger partial charge is 0.506 e. The van der Waals surface area contributed by atoms with Crippen LogP contribution < -0.4 is 0 Å². The van der Waals surface area contributed by atoms with E-state index in [0.29, 0.717) is 5.69 Å². The van der Waals surface area contributed by atoms with Crippen molar-refractivity contribution in [3.05, 3.63) is 48.8 Å². The third kappa shape index (κ3) is 1.26. The van der Waals surface area contributed by atoms with E-state index >= 15 is 0 Å². The van der Waals surface area contributed by atoms with E-state index < -0.39 is 0 Å². The minimum absolute atomic E-state index is 0.0109. The van der Waals surface area contributed by atoms with Crippen LogP contribution in [-0.2, 0) is 0 Å². The van der Waals surface area contributed by atoms with Crippen LogP contribution in [0, 0.1) is 0 Å². The fourth-order valence-corrected chi connectivity index (χ4v) is 1.35. The van der Waals surface area contributed by atoms with Crippen molar-refractivity contribution in [2.75, 3.05) is 0 Å². The molecular weight excluding hydrogens is 162 g/mol. The molecule has 2 aromatic rings. The van der Waals surface area contributed by atoms with Crippen LogP contribution in [0.1, 0.15) is 5.69 Å². The van der Waals surface area contributed by atoms with Gasteiger partial charge in [-0.2, -0.15) is 0 Å². The molecule has 0 atom stereocenters. The molecule has 0 aliphatic heterocycles. The number of rotatable bonds is 1. The van der Waals surface area contributed by atoms with Gasteiger partial charge in [-0.05, 0) is 11.5 Å². The van der Waals surface area contributed by atoms with Crippen molar-refractivity contribution < 1.29 is 5.11 Å². The molecule has 1 aromatic carbocycles. The van der Waals surface area contributed by atoms with Gasteiger partial charge in [0, 0.05) is 11.6 Å². The molecule has 2 nitrogen and oxygen atoms in total. The van der Waals surface area contributed by atoms with Crippen LogP contribution in [0.5, 0.6) is 0 Å². The summed E-state index contributed by atoms with van der Waals surface area (Å²) in [5.41, 5.74) is 0.554. The summed E-state index contributed by atoms with van der Waals surface area (Å²) in [6.07, 6.45) is 1.67. The van der Waals surface area contributed by atoms with Crippen LogP contribution in [0.4, 0.5) is 0 Å². The Bertz CT molecular complexity index is 457. The van der Waals surface area contributed by atoms with E-state index in [-0.39, 0.29) is 5.76 Å². The van der Waals surface area contributed by atoms with E-state index in [9.17, 15) is 5.11 Å². The minimum atomic E-state index is 0.0109. The summed E-state index contributed by atoms with van der Waals surface area (Å²) < 4.78 is 0. The first kappa shape index (κ1) is 7.80. The molecule has 0 amide bonds. The first-order valence-corrected chi connectivity index (χ1v) is 4.01. The summed E-state index contributed by atoms with van der Waals surface area (Å²) >= 11 is 0. The van der Waals surface area contributed by atoms with Gasteiger partial charge in [-0.25, -0.2) is 0 Å². The van der Waals surface area contributed by atoms with Crippen LogP contribution in [0.3, 0.4) is 0 Å². The molecule has 64 valence electrons. The molecule has 0 saturated carbocycles. The molecule has 0 spiro atoms. The highest BCUT2D eigenvalue weighted by atomic mass is 16.3. The number of fused-ring (bicyclic) bond motifs is 1. The lowest BCUT2D eigenvalue weighted by Gasteiger charge is -2.02. The van der Waals surface area contributed by atoms with Gasteiger partial charge in [0.1, 0.15) is 11.5 Å². The Morgan fingerprint density at radius 1 is 1.23 bits per heavy atom. The number of nitrogens with zero attached hydrogens (tertiary/aromatic N) is 1. The molecule has 0 saturated heterocycles. The van der Waals surface area contributed by atoms with Crippen LogP contribution in [0.2, 0.25) is 0 Å². The molecular formula is C11H9NO. The average molecular weight is 171 g/mol. The fourth-order valence-electron chi connectivity index (χ4n) is 1.35. The van der Waals surface area contributed by atoms with Gasteiger partial charge in [0.05, 0.1) is 0 Å². The van der Waals surface area contributed by atoms with Gasteiger partial charge >= 0.3 is 0 Å². The highest BCUT2D eigenvalue weighted by molar-refractivity contribution is 5.90.